The number of rotatable bonds is 6. The third kappa shape index (κ3) is 4.19. The summed E-state index contributed by atoms with van der Waals surface area (Å²) in [5.41, 5.74) is 1.74. The number of anilines is 1. The fourth-order valence-corrected chi connectivity index (χ4v) is 6.03. The van der Waals surface area contributed by atoms with Crippen molar-refractivity contribution in [2.45, 2.75) is 44.8 Å². The quantitative estimate of drug-likeness (QED) is 0.467. The van der Waals surface area contributed by atoms with Crippen molar-refractivity contribution in [2.24, 2.45) is 5.92 Å². The number of hydrogen-bond acceptors (Lipinski definition) is 7. The first-order valence-electron chi connectivity index (χ1n) is 9.66. The Balaban J connectivity index is 1.45. The van der Waals surface area contributed by atoms with E-state index in [9.17, 15) is 10.1 Å². The predicted octanol–water partition coefficient (Wildman–Crippen LogP) is 5.11. The highest BCUT2D eigenvalue weighted by Crippen LogP contribution is 2.39. The summed E-state index contributed by atoms with van der Waals surface area (Å²) in [6.07, 6.45) is 2.97. The average Bonchev–Trinajstić information content (AvgIpc) is 3.41. The number of furan rings is 1. The van der Waals surface area contributed by atoms with E-state index in [2.05, 4.69) is 44.4 Å². The normalized spacial score (nSPS) is 15.6. The Bertz CT molecular complexity index is 1130. The molecule has 0 aromatic carbocycles. The Kier molecular flexibility index (Phi) is 6.32. The second-order valence-electron chi connectivity index (χ2n) is 7.16. The molecule has 30 heavy (non-hydrogen) atoms. The zero-order chi connectivity index (χ0) is 21.3. The summed E-state index contributed by atoms with van der Waals surface area (Å²) in [5, 5.41) is 22.3. The lowest BCUT2D eigenvalue weighted by Gasteiger charge is -2.17. The molecule has 0 fully saturated rings. The number of carbonyl (C=O) groups excluding carboxylic acids is 1. The topological polar surface area (TPSA) is 96.7 Å². The van der Waals surface area contributed by atoms with Crippen molar-refractivity contribution in [3.05, 3.63) is 32.8 Å². The first-order chi connectivity index (χ1) is 14.5. The molecule has 1 amide bonds. The van der Waals surface area contributed by atoms with Gasteiger partial charge in [-0.25, -0.2) is 0 Å². The highest BCUT2D eigenvalue weighted by Gasteiger charge is 2.25. The van der Waals surface area contributed by atoms with Crippen molar-refractivity contribution in [3.63, 3.8) is 0 Å². The van der Waals surface area contributed by atoms with Gasteiger partial charge in [-0.2, -0.15) is 5.26 Å². The molecule has 0 bridgehead atoms. The van der Waals surface area contributed by atoms with Gasteiger partial charge in [-0.15, -0.1) is 21.5 Å². The summed E-state index contributed by atoms with van der Waals surface area (Å²) in [6.45, 7) is 4.87. The van der Waals surface area contributed by atoms with Crippen molar-refractivity contribution in [1.29, 1.82) is 5.26 Å². The maximum absolute atomic E-state index is 12.6. The van der Waals surface area contributed by atoms with Gasteiger partial charge >= 0.3 is 0 Å². The number of halogens is 1. The summed E-state index contributed by atoms with van der Waals surface area (Å²) in [5.74, 6) is 1.88. The van der Waals surface area contributed by atoms with Gasteiger partial charge in [0, 0.05) is 11.4 Å². The third-order valence-electron chi connectivity index (χ3n) is 5.04. The van der Waals surface area contributed by atoms with Gasteiger partial charge in [0.25, 0.3) is 0 Å². The molecule has 0 saturated carbocycles. The maximum atomic E-state index is 12.6. The third-order valence-corrected chi connectivity index (χ3v) is 7.60. The van der Waals surface area contributed by atoms with E-state index >= 15 is 0 Å². The van der Waals surface area contributed by atoms with Gasteiger partial charge < -0.3 is 9.73 Å². The van der Waals surface area contributed by atoms with Crippen molar-refractivity contribution >= 4 is 49.9 Å². The summed E-state index contributed by atoms with van der Waals surface area (Å²) >= 11 is 6.15. The van der Waals surface area contributed by atoms with Crippen LogP contribution in [0.2, 0.25) is 0 Å². The van der Waals surface area contributed by atoms with E-state index in [1.165, 1.54) is 28.0 Å². The van der Waals surface area contributed by atoms with Crippen LogP contribution >= 0.6 is 39.0 Å². The van der Waals surface area contributed by atoms with Gasteiger partial charge in [0.15, 0.2) is 15.6 Å². The van der Waals surface area contributed by atoms with Crippen LogP contribution in [0.1, 0.15) is 36.3 Å². The molecule has 1 N–H and O–H groups in total. The Morgan fingerprint density at radius 2 is 2.33 bits per heavy atom. The van der Waals surface area contributed by atoms with E-state index in [1.54, 1.807) is 6.07 Å². The molecule has 1 aliphatic carbocycles. The lowest BCUT2D eigenvalue weighted by Crippen LogP contribution is -2.14. The summed E-state index contributed by atoms with van der Waals surface area (Å²) < 4.78 is 8.11. The number of aromatic nitrogens is 3. The van der Waals surface area contributed by atoms with E-state index in [-0.39, 0.29) is 11.7 Å². The number of thioether (sulfide) groups is 1. The lowest BCUT2D eigenvalue weighted by atomic mass is 9.89. The first-order valence-corrected chi connectivity index (χ1v) is 12.3. The lowest BCUT2D eigenvalue weighted by molar-refractivity contribution is -0.113. The molecule has 1 aliphatic rings. The van der Waals surface area contributed by atoms with Gasteiger partial charge in [-0.3, -0.25) is 9.36 Å². The zero-order valence-electron chi connectivity index (χ0n) is 16.6. The van der Waals surface area contributed by atoms with Crippen LogP contribution in [0.15, 0.2) is 26.4 Å². The number of amides is 1. The average molecular weight is 506 g/mol. The maximum Gasteiger partial charge on any atom is 0.235 e. The number of carbonyl (C=O) groups is 1. The minimum atomic E-state index is -0.156. The molecule has 3 heterocycles. The number of hydrogen-bond donors (Lipinski definition) is 1. The van der Waals surface area contributed by atoms with E-state index in [0.717, 1.165) is 24.8 Å². The van der Waals surface area contributed by atoms with Crippen LogP contribution in [0.4, 0.5) is 5.00 Å². The molecule has 3 aromatic heterocycles. The van der Waals surface area contributed by atoms with Crippen LogP contribution in [0.25, 0.3) is 11.6 Å². The molecule has 156 valence electrons. The first kappa shape index (κ1) is 21.2. The van der Waals surface area contributed by atoms with Gasteiger partial charge in [-0.1, -0.05) is 18.7 Å². The summed E-state index contributed by atoms with van der Waals surface area (Å²) in [4.78, 5) is 13.8. The molecule has 1 atom stereocenters. The van der Waals surface area contributed by atoms with Gasteiger partial charge in [-0.05, 0) is 65.7 Å². The molecule has 7 nitrogen and oxygen atoms in total. The minimum Gasteiger partial charge on any atom is -0.446 e. The number of nitrogens with zero attached hydrogens (tertiary/aromatic N) is 4. The molecule has 0 saturated heterocycles. The van der Waals surface area contributed by atoms with Crippen molar-refractivity contribution in [3.8, 4) is 17.7 Å². The largest absolute Gasteiger partial charge is 0.446 e. The highest BCUT2D eigenvalue weighted by molar-refractivity contribution is 9.10. The summed E-state index contributed by atoms with van der Waals surface area (Å²) in [6, 6.07) is 5.92. The monoisotopic (exact) mass is 505 g/mol. The molecule has 4 rings (SSSR count). The Hall–Kier alpha value is -2.09. The SMILES string of the molecule is CCn1c(SCC(=O)Nc2sc3c(c2C#N)CCC(C)C3)nnc1-c1ccc(Br)o1. The van der Waals surface area contributed by atoms with E-state index < -0.39 is 0 Å². The molecule has 0 radical (unpaired) electrons. The van der Waals surface area contributed by atoms with Gasteiger partial charge in [0.1, 0.15) is 11.1 Å². The van der Waals surface area contributed by atoms with Crippen LogP contribution in [0.5, 0.6) is 0 Å². The van der Waals surface area contributed by atoms with Crippen LogP contribution in [-0.4, -0.2) is 26.4 Å². The Morgan fingerprint density at radius 3 is 3.03 bits per heavy atom. The zero-order valence-corrected chi connectivity index (χ0v) is 19.8. The van der Waals surface area contributed by atoms with Crippen molar-refractivity contribution < 1.29 is 9.21 Å². The van der Waals surface area contributed by atoms with E-state index in [1.807, 2.05) is 17.6 Å². The Morgan fingerprint density at radius 1 is 1.50 bits per heavy atom. The molecule has 3 aromatic rings. The number of fused-ring (bicyclic) bond motifs is 1. The van der Waals surface area contributed by atoms with Crippen LogP contribution in [0.3, 0.4) is 0 Å². The van der Waals surface area contributed by atoms with Crippen molar-refractivity contribution in [1.82, 2.24) is 14.8 Å². The number of thiophene rings is 1. The second kappa shape index (κ2) is 8.96. The van der Waals surface area contributed by atoms with Gasteiger partial charge in [0.05, 0.1) is 11.3 Å². The predicted molar refractivity (Wildman–Crippen MR) is 121 cm³/mol. The van der Waals surface area contributed by atoms with Crippen molar-refractivity contribution in [2.75, 3.05) is 11.1 Å². The molecule has 0 aliphatic heterocycles. The standard InChI is InChI=1S/C20H20BrN5O2S2/c1-3-26-18(14-6-7-16(21)28-14)24-25-20(26)29-10-17(27)23-19-13(9-22)12-5-4-11(2)8-15(12)30-19/h6-7,11H,3-5,8,10H2,1-2H3,(H,23,27). The minimum absolute atomic E-state index is 0.156. The molecule has 10 heteroatoms. The molecule has 1 unspecified atom stereocenters. The Labute approximate surface area is 191 Å². The van der Waals surface area contributed by atoms with E-state index in [4.69, 9.17) is 4.42 Å². The van der Waals surface area contributed by atoms with Crippen LogP contribution in [0, 0.1) is 17.2 Å². The molecular weight excluding hydrogens is 486 g/mol. The summed E-state index contributed by atoms with van der Waals surface area (Å²) in [7, 11) is 0. The van der Waals surface area contributed by atoms with Crippen LogP contribution in [-0.2, 0) is 24.2 Å². The van der Waals surface area contributed by atoms with Gasteiger partial charge in [0.2, 0.25) is 11.7 Å². The van der Waals surface area contributed by atoms with E-state index in [0.29, 0.717) is 44.4 Å². The molecule has 0 spiro atoms. The second-order valence-corrected chi connectivity index (χ2v) is 9.99. The smallest absolute Gasteiger partial charge is 0.235 e. The fraction of sp³-hybridized carbons (Fsp3) is 0.400. The highest BCUT2D eigenvalue weighted by atomic mass is 79.9. The van der Waals surface area contributed by atoms with Crippen LogP contribution < -0.4 is 5.32 Å². The molecular formula is C20H20BrN5O2S2. The number of nitriles is 1. The fourth-order valence-electron chi connectivity index (χ4n) is 3.55. The number of nitrogens with one attached hydrogen (secondary N) is 1.